The van der Waals surface area contributed by atoms with E-state index >= 15 is 0 Å². The summed E-state index contributed by atoms with van der Waals surface area (Å²) in [5, 5.41) is 9.11. The first kappa shape index (κ1) is 14.8. The van der Waals surface area contributed by atoms with Crippen molar-refractivity contribution < 1.29 is 4.39 Å². The summed E-state index contributed by atoms with van der Waals surface area (Å²) in [5.74, 6) is -0.424. The number of anilines is 1. The van der Waals surface area contributed by atoms with Gasteiger partial charge in [-0.25, -0.2) is 4.39 Å². The predicted molar refractivity (Wildman–Crippen MR) is 79.3 cm³/mol. The molecule has 2 rings (SSSR count). The summed E-state index contributed by atoms with van der Waals surface area (Å²) in [5.41, 5.74) is 0.901. The Balaban J connectivity index is 2.05. The molecule has 0 radical (unpaired) electrons. The van der Waals surface area contributed by atoms with E-state index in [4.69, 9.17) is 5.26 Å². The van der Waals surface area contributed by atoms with E-state index in [2.05, 4.69) is 23.6 Å². The Morgan fingerprint density at radius 2 is 2.00 bits per heavy atom. The van der Waals surface area contributed by atoms with Crippen LogP contribution in [-0.4, -0.2) is 37.1 Å². The van der Waals surface area contributed by atoms with Crippen LogP contribution in [0, 0.1) is 17.1 Å². The number of rotatable bonds is 4. The topological polar surface area (TPSA) is 30.3 Å². The number of halogens is 1. The molecule has 1 unspecified atom stereocenters. The lowest BCUT2D eigenvalue weighted by Crippen LogP contribution is -2.49. The highest BCUT2D eigenvalue weighted by Crippen LogP contribution is 2.24. The van der Waals surface area contributed by atoms with Gasteiger partial charge in [0.05, 0.1) is 5.69 Å². The van der Waals surface area contributed by atoms with Crippen LogP contribution < -0.4 is 4.90 Å². The van der Waals surface area contributed by atoms with Gasteiger partial charge in [-0.05, 0) is 25.5 Å². The third kappa shape index (κ3) is 3.10. The molecule has 1 saturated heterocycles. The van der Waals surface area contributed by atoms with Gasteiger partial charge in [0.15, 0.2) is 0 Å². The summed E-state index contributed by atoms with van der Waals surface area (Å²) < 4.78 is 13.7. The Morgan fingerprint density at radius 1 is 1.30 bits per heavy atom. The fourth-order valence-corrected chi connectivity index (χ4v) is 2.89. The Morgan fingerprint density at radius 3 is 2.60 bits per heavy atom. The van der Waals surface area contributed by atoms with Crippen LogP contribution in [0.25, 0.3) is 0 Å². The van der Waals surface area contributed by atoms with E-state index in [-0.39, 0.29) is 5.56 Å². The smallest absolute Gasteiger partial charge is 0.143 e. The first-order chi connectivity index (χ1) is 9.67. The molecule has 0 aliphatic carbocycles. The fourth-order valence-electron chi connectivity index (χ4n) is 2.89. The van der Waals surface area contributed by atoms with Gasteiger partial charge < -0.3 is 4.90 Å². The summed E-state index contributed by atoms with van der Waals surface area (Å²) in [6, 6.07) is 7.45. The molecule has 0 saturated carbocycles. The summed E-state index contributed by atoms with van der Waals surface area (Å²) in [6.07, 6.45) is 2.41. The van der Waals surface area contributed by atoms with Crippen LogP contribution in [0.15, 0.2) is 18.2 Å². The molecule has 3 nitrogen and oxygen atoms in total. The first-order valence-electron chi connectivity index (χ1n) is 7.35. The van der Waals surface area contributed by atoms with Crippen molar-refractivity contribution in [2.24, 2.45) is 0 Å². The molecule has 0 bridgehead atoms. The van der Waals surface area contributed by atoms with Gasteiger partial charge in [-0.3, -0.25) is 4.90 Å². The van der Waals surface area contributed by atoms with E-state index < -0.39 is 5.82 Å². The van der Waals surface area contributed by atoms with Crippen LogP contribution in [0.5, 0.6) is 0 Å². The monoisotopic (exact) mass is 275 g/mol. The minimum absolute atomic E-state index is 0.169. The lowest BCUT2D eigenvalue weighted by molar-refractivity contribution is 0.187. The van der Waals surface area contributed by atoms with Gasteiger partial charge in [-0.2, -0.15) is 5.26 Å². The molecule has 20 heavy (non-hydrogen) atoms. The third-order valence-electron chi connectivity index (χ3n) is 4.09. The van der Waals surface area contributed by atoms with Crippen LogP contribution in [-0.2, 0) is 0 Å². The number of piperazine rings is 1. The summed E-state index contributed by atoms with van der Waals surface area (Å²) in [7, 11) is 0. The zero-order valence-electron chi connectivity index (χ0n) is 12.3. The van der Waals surface area contributed by atoms with Crippen molar-refractivity contribution >= 4 is 5.69 Å². The van der Waals surface area contributed by atoms with E-state index in [1.807, 2.05) is 12.1 Å². The molecule has 0 aromatic heterocycles. The van der Waals surface area contributed by atoms with Gasteiger partial charge in [0.2, 0.25) is 0 Å². The first-order valence-corrected chi connectivity index (χ1v) is 7.35. The summed E-state index contributed by atoms with van der Waals surface area (Å²) in [6.45, 7) is 8.13. The average Bonchev–Trinajstić information content (AvgIpc) is 2.47. The largest absolute Gasteiger partial charge is 0.368 e. The van der Waals surface area contributed by atoms with Crippen LogP contribution in [0.4, 0.5) is 10.1 Å². The van der Waals surface area contributed by atoms with Crippen molar-refractivity contribution in [3.05, 3.63) is 29.6 Å². The lowest BCUT2D eigenvalue weighted by Gasteiger charge is -2.39. The Bertz CT molecular complexity index is 487. The van der Waals surface area contributed by atoms with Gasteiger partial charge in [0.1, 0.15) is 17.4 Å². The highest BCUT2D eigenvalue weighted by molar-refractivity contribution is 5.60. The number of nitriles is 1. The average molecular weight is 275 g/mol. The van der Waals surface area contributed by atoms with Gasteiger partial charge in [-0.15, -0.1) is 0 Å². The van der Waals surface area contributed by atoms with Crippen molar-refractivity contribution in [2.75, 3.05) is 31.1 Å². The SMILES string of the molecule is CCCC(C)N1CCN(c2cccc(F)c2C#N)CC1. The number of hydrogen-bond acceptors (Lipinski definition) is 3. The third-order valence-corrected chi connectivity index (χ3v) is 4.09. The molecule has 1 fully saturated rings. The van der Waals surface area contributed by atoms with E-state index in [1.54, 1.807) is 6.07 Å². The number of nitrogens with zero attached hydrogens (tertiary/aromatic N) is 3. The fraction of sp³-hybridized carbons (Fsp3) is 0.562. The van der Waals surface area contributed by atoms with Crippen LogP contribution >= 0.6 is 0 Å². The second-order valence-electron chi connectivity index (χ2n) is 5.41. The molecule has 0 amide bonds. The van der Waals surface area contributed by atoms with Gasteiger partial charge in [-0.1, -0.05) is 19.4 Å². The quantitative estimate of drug-likeness (QED) is 0.846. The Labute approximate surface area is 120 Å². The minimum Gasteiger partial charge on any atom is -0.368 e. The standard InChI is InChI=1S/C16H22FN3/c1-3-5-13(2)19-8-10-20(11-9-19)16-7-4-6-15(17)14(16)12-18/h4,6-7,13H,3,5,8-11H2,1-2H3. The molecule has 1 atom stereocenters. The summed E-state index contributed by atoms with van der Waals surface area (Å²) in [4.78, 5) is 4.60. The number of hydrogen-bond donors (Lipinski definition) is 0. The second kappa shape index (κ2) is 6.71. The zero-order valence-corrected chi connectivity index (χ0v) is 12.3. The van der Waals surface area contributed by atoms with Crippen molar-refractivity contribution in [1.29, 1.82) is 5.26 Å². The van der Waals surface area contributed by atoms with Gasteiger partial charge in [0, 0.05) is 32.2 Å². The predicted octanol–water partition coefficient (Wildman–Crippen LogP) is 3.01. The minimum atomic E-state index is -0.424. The van der Waals surface area contributed by atoms with E-state index in [9.17, 15) is 4.39 Å². The molecule has 1 aliphatic heterocycles. The van der Waals surface area contributed by atoms with E-state index in [0.717, 1.165) is 31.9 Å². The lowest BCUT2D eigenvalue weighted by atomic mass is 10.1. The van der Waals surface area contributed by atoms with Crippen LogP contribution in [0.1, 0.15) is 32.3 Å². The van der Waals surface area contributed by atoms with Crippen LogP contribution in [0.2, 0.25) is 0 Å². The Hall–Kier alpha value is -1.60. The van der Waals surface area contributed by atoms with Crippen molar-refractivity contribution in [2.45, 2.75) is 32.7 Å². The molecule has 1 aliphatic rings. The van der Waals surface area contributed by atoms with Gasteiger partial charge >= 0.3 is 0 Å². The zero-order chi connectivity index (χ0) is 14.5. The molecule has 1 heterocycles. The molecule has 1 aromatic rings. The van der Waals surface area contributed by atoms with E-state index in [1.165, 1.54) is 18.9 Å². The highest BCUT2D eigenvalue weighted by Gasteiger charge is 2.22. The van der Waals surface area contributed by atoms with Crippen molar-refractivity contribution in [3.8, 4) is 6.07 Å². The molecular weight excluding hydrogens is 253 g/mol. The molecule has 4 heteroatoms. The number of benzene rings is 1. The second-order valence-corrected chi connectivity index (χ2v) is 5.41. The summed E-state index contributed by atoms with van der Waals surface area (Å²) >= 11 is 0. The van der Waals surface area contributed by atoms with Crippen molar-refractivity contribution in [1.82, 2.24) is 4.90 Å². The van der Waals surface area contributed by atoms with Crippen molar-refractivity contribution in [3.63, 3.8) is 0 Å². The molecule has 108 valence electrons. The maximum atomic E-state index is 13.7. The molecule has 1 aromatic carbocycles. The highest BCUT2D eigenvalue weighted by atomic mass is 19.1. The molecule has 0 N–H and O–H groups in total. The van der Waals surface area contributed by atoms with Crippen LogP contribution in [0.3, 0.4) is 0 Å². The Kier molecular flexibility index (Phi) is 4.97. The molecule has 0 spiro atoms. The maximum absolute atomic E-state index is 13.7. The normalized spacial score (nSPS) is 17.8. The molecular formula is C16H22FN3. The van der Waals surface area contributed by atoms with E-state index in [0.29, 0.717) is 6.04 Å². The van der Waals surface area contributed by atoms with Gasteiger partial charge in [0.25, 0.3) is 0 Å². The maximum Gasteiger partial charge on any atom is 0.143 e.